The Hall–Kier alpha value is -3.33. The Morgan fingerprint density at radius 2 is 1.91 bits per heavy atom. The molecule has 0 bridgehead atoms. The molecule has 5 rings (SSSR count). The lowest BCUT2D eigenvalue weighted by Crippen LogP contribution is -2.21. The Kier molecular flexibility index (Phi) is 6.77. The summed E-state index contributed by atoms with van der Waals surface area (Å²) < 4.78 is 24.4. The fourth-order valence-electron chi connectivity index (χ4n) is 4.73. The first kappa shape index (κ1) is 23.4. The second-order valence-electron chi connectivity index (χ2n) is 9.22. The van der Waals surface area contributed by atoms with Crippen LogP contribution in [0.1, 0.15) is 59.8 Å². The number of aromatic nitrogens is 3. The Balaban J connectivity index is 1.57. The fraction of sp³-hybridized carbons (Fsp3) is 0.500. The molecule has 1 saturated carbocycles. The number of aromatic carboxylic acids is 1. The first-order valence-electron chi connectivity index (χ1n) is 12.1. The van der Waals surface area contributed by atoms with Gasteiger partial charge < -0.3 is 24.1 Å². The van der Waals surface area contributed by atoms with Gasteiger partial charge in [0.25, 0.3) is 0 Å². The highest BCUT2D eigenvalue weighted by Gasteiger charge is 2.30. The summed E-state index contributed by atoms with van der Waals surface area (Å²) in [7, 11) is 3.22. The smallest absolute Gasteiger partial charge is 0.354 e. The van der Waals surface area contributed by atoms with Crippen LogP contribution in [-0.2, 0) is 11.3 Å². The number of carboxylic acid groups (broad SMARTS) is 1. The molecule has 0 unspecified atom stereocenters. The monoisotopic (exact) mass is 481 g/mol. The van der Waals surface area contributed by atoms with Gasteiger partial charge in [-0.05, 0) is 43.7 Å². The SMILES string of the molecule is COc1ccc(Cn2nc(C3CCC3)c3c(OCC4CCOCC4)cc(C(=O)O)nc32)c(OC)c1. The molecule has 3 heterocycles. The van der Waals surface area contributed by atoms with Crippen molar-refractivity contribution in [1.82, 2.24) is 14.8 Å². The van der Waals surface area contributed by atoms with E-state index in [2.05, 4.69) is 4.98 Å². The summed E-state index contributed by atoms with van der Waals surface area (Å²) in [5.74, 6) is 1.52. The highest BCUT2D eigenvalue weighted by atomic mass is 16.5. The van der Waals surface area contributed by atoms with Crippen molar-refractivity contribution in [3.63, 3.8) is 0 Å². The number of hydrogen-bond acceptors (Lipinski definition) is 7. The molecule has 1 aliphatic heterocycles. The molecule has 9 heteroatoms. The Labute approximate surface area is 204 Å². The number of benzene rings is 1. The third kappa shape index (κ3) is 4.77. The van der Waals surface area contributed by atoms with Crippen molar-refractivity contribution in [3.8, 4) is 17.2 Å². The van der Waals surface area contributed by atoms with Crippen LogP contribution in [0.25, 0.3) is 11.0 Å². The van der Waals surface area contributed by atoms with E-state index in [9.17, 15) is 9.90 Å². The number of fused-ring (bicyclic) bond motifs is 1. The minimum Gasteiger partial charge on any atom is -0.497 e. The van der Waals surface area contributed by atoms with Crippen molar-refractivity contribution >= 4 is 17.0 Å². The van der Waals surface area contributed by atoms with E-state index in [1.807, 2.05) is 18.2 Å². The maximum atomic E-state index is 12.0. The van der Waals surface area contributed by atoms with Gasteiger partial charge in [-0.1, -0.05) is 6.42 Å². The molecule has 1 N–H and O–H groups in total. The molecular weight excluding hydrogens is 450 g/mol. The van der Waals surface area contributed by atoms with Gasteiger partial charge in [-0.3, -0.25) is 0 Å². The van der Waals surface area contributed by atoms with Gasteiger partial charge in [0.05, 0.1) is 38.5 Å². The van der Waals surface area contributed by atoms with E-state index in [-0.39, 0.29) is 5.69 Å². The number of carboxylic acids is 1. The van der Waals surface area contributed by atoms with E-state index in [0.717, 1.165) is 62.0 Å². The molecule has 0 atom stereocenters. The maximum Gasteiger partial charge on any atom is 0.354 e. The van der Waals surface area contributed by atoms with E-state index in [1.54, 1.807) is 25.0 Å². The minimum absolute atomic E-state index is 0.0533. The number of ether oxygens (including phenoxy) is 4. The van der Waals surface area contributed by atoms with E-state index < -0.39 is 5.97 Å². The molecule has 3 aromatic rings. The van der Waals surface area contributed by atoms with Crippen molar-refractivity contribution < 1.29 is 28.8 Å². The number of rotatable bonds is 9. The summed E-state index contributed by atoms with van der Waals surface area (Å²) in [4.78, 5) is 16.5. The van der Waals surface area contributed by atoms with E-state index in [1.165, 1.54) is 0 Å². The molecule has 0 amide bonds. The van der Waals surface area contributed by atoms with Gasteiger partial charge in [-0.2, -0.15) is 5.10 Å². The summed E-state index contributed by atoms with van der Waals surface area (Å²) in [5.41, 5.74) is 2.30. The fourth-order valence-corrected chi connectivity index (χ4v) is 4.73. The molecular formula is C26H31N3O6. The highest BCUT2D eigenvalue weighted by Crippen LogP contribution is 2.42. The second kappa shape index (κ2) is 10.1. The van der Waals surface area contributed by atoms with Crippen molar-refractivity contribution in [2.24, 2.45) is 5.92 Å². The normalized spacial score (nSPS) is 16.7. The van der Waals surface area contributed by atoms with Crippen LogP contribution < -0.4 is 14.2 Å². The lowest BCUT2D eigenvalue weighted by atomic mass is 9.82. The van der Waals surface area contributed by atoms with Crippen LogP contribution >= 0.6 is 0 Å². The van der Waals surface area contributed by atoms with Crippen LogP contribution in [0.2, 0.25) is 0 Å². The zero-order valence-electron chi connectivity index (χ0n) is 20.2. The summed E-state index contributed by atoms with van der Waals surface area (Å²) in [5, 5.41) is 15.6. The zero-order chi connectivity index (χ0) is 24.4. The van der Waals surface area contributed by atoms with Gasteiger partial charge in [0, 0.05) is 36.8 Å². The lowest BCUT2D eigenvalue weighted by molar-refractivity contribution is 0.0499. The van der Waals surface area contributed by atoms with Crippen LogP contribution in [0.4, 0.5) is 0 Å². The molecule has 1 aromatic carbocycles. The van der Waals surface area contributed by atoms with Crippen LogP contribution in [0.3, 0.4) is 0 Å². The van der Waals surface area contributed by atoms with Gasteiger partial charge in [0.2, 0.25) is 0 Å². The standard InChI is InChI=1S/C26H31N3O6/c1-32-19-7-6-18(21(12-19)33-2)14-29-25-23(24(28-29)17-4-3-5-17)22(13-20(27-25)26(30)31)35-15-16-8-10-34-11-9-16/h6-7,12-13,16-17H,3-5,8-11,14-15H2,1-2H3,(H,30,31). The first-order chi connectivity index (χ1) is 17.1. The van der Waals surface area contributed by atoms with Gasteiger partial charge in [0.1, 0.15) is 17.2 Å². The van der Waals surface area contributed by atoms with Crippen molar-refractivity contribution in [2.75, 3.05) is 34.0 Å². The molecule has 0 spiro atoms. The predicted molar refractivity (Wildman–Crippen MR) is 129 cm³/mol. The third-order valence-electron chi connectivity index (χ3n) is 7.03. The van der Waals surface area contributed by atoms with E-state index in [4.69, 9.17) is 24.0 Å². The lowest BCUT2D eigenvalue weighted by Gasteiger charge is -2.25. The van der Waals surface area contributed by atoms with E-state index in [0.29, 0.717) is 47.9 Å². The zero-order valence-corrected chi connectivity index (χ0v) is 20.2. The van der Waals surface area contributed by atoms with Crippen LogP contribution in [-0.4, -0.2) is 59.9 Å². The topological polar surface area (TPSA) is 105 Å². The molecule has 1 saturated heterocycles. The predicted octanol–water partition coefficient (Wildman–Crippen LogP) is 4.27. The molecule has 35 heavy (non-hydrogen) atoms. The Morgan fingerprint density at radius 1 is 1.11 bits per heavy atom. The first-order valence-corrected chi connectivity index (χ1v) is 12.1. The molecule has 9 nitrogen and oxygen atoms in total. The summed E-state index contributed by atoms with van der Waals surface area (Å²) >= 11 is 0. The average Bonchev–Trinajstić information content (AvgIpc) is 3.20. The van der Waals surface area contributed by atoms with Crippen LogP contribution in [0, 0.1) is 5.92 Å². The highest BCUT2D eigenvalue weighted by molar-refractivity contribution is 5.93. The van der Waals surface area contributed by atoms with Gasteiger partial charge in [-0.15, -0.1) is 0 Å². The third-order valence-corrected chi connectivity index (χ3v) is 7.03. The largest absolute Gasteiger partial charge is 0.497 e. The van der Waals surface area contributed by atoms with Crippen molar-refractivity contribution in [3.05, 3.63) is 41.2 Å². The van der Waals surface area contributed by atoms with Crippen LogP contribution in [0.15, 0.2) is 24.3 Å². The van der Waals surface area contributed by atoms with Crippen molar-refractivity contribution in [2.45, 2.75) is 44.6 Å². The van der Waals surface area contributed by atoms with Gasteiger partial charge in [-0.25, -0.2) is 14.5 Å². The second-order valence-corrected chi connectivity index (χ2v) is 9.22. The summed E-state index contributed by atoms with van der Waals surface area (Å²) in [6, 6.07) is 7.17. The number of nitrogens with zero attached hydrogens (tertiary/aromatic N) is 3. The Bertz CT molecular complexity index is 1210. The number of pyridine rings is 1. The minimum atomic E-state index is -1.09. The molecule has 186 valence electrons. The number of hydrogen-bond donors (Lipinski definition) is 1. The number of carbonyl (C=O) groups is 1. The molecule has 2 aromatic heterocycles. The Morgan fingerprint density at radius 3 is 2.57 bits per heavy atom. The molecule has 2 aliphatic rings. The number of methoxy groups -OCH3 is 2. The molecule has 2 fully saturated rings. The van der Waals surface area contributed by atoms with Gasteiger partial charge in [0.15, 0.2) is 11.3 Å². The van der Waals surface area contributed by atoms with Crippen molar-refractivity contribution in [1.29, 1.82) is 0 Å². The summed E-state index contributed by atoms with van der Waals surface area (Å²) in [6.07, 6.45) is 5.14. The van der Waals surface area contributed by atoms with Gasteiger partial charge >= 0.3 is 5.97 Å². The van der Waals surface area contributed by atoms with E-state index >= 15 is 0 Å². The van der Waals surface area contributed by atoms with Crippen LogP contribution in [0.5, 0.6) is 17.2 Å². The quantitative estimate of drug-likeness (QED) is 0.483. The molecule has 1 aliphatic carbocycles. The average molecular weight is 482 g/mol. The molecule has 0 radical (unpaired) electrons. The maximum absolute atomic E-state index is 12.0. The summed E-state index contributed by atoms with van der Waals surface area (Å²) in [6.45, 7) is 2.36.